The van der Waals surface area contributed by atoms with Crippen LogP contribution in [0.4, 0.5) is 8.78 Å². The minimum absolute atomic E-state index is 0.00923. The maximum Gasteiger partial charge on any atom is 0.483 e. The summed E-state index contributed by atoms with van der Waals surface area (Å²) < 4.78 is 41.7. The van der Waals surface area contributed by atoms with Crippen LogP contribution in [0, 0.1) is 11.6 Å². The smallest absolute Gasteiger partial charge is 0.379 e. The lowest BCUT2D eigenvalue weighted by molar-refractivity contribution is 0.0897. The SMILES string of the molecule is CO[SiH](OC)OC(C)CCCc1cc(F)cc(F)c1. The van der Waals surface area contributed by atoms with Gasteiger partial charge in [-0.3, -0.25) is 0 Å². The molecule has 1 rings (SSSR count). The van der Waals surface area contributed by atoms with Gasteiger partial charge < -0.3 is 13.3 Å². The number of hydrogen-bond acceptors (Lipinski definition) is 3. The number of aryl methyl sites for hydroxylation is 1. The molecule has 0 saturated heterocycles. The molecule has 0 aliphatic rings. The highest BCUT2D eigenvalue weighted by Crippen LogP contribution is 2.13. The van der Waals surface area contributed by atoms with Crippen molar-refractivity contribution in [3.8, 4) is 0 Å². The summed E-state index contributed by atoms with van der Waals surface area (Å²) in [6.07, 6.45) is 2.21. The van der Waals surface area contributed by atoms with E-state index >= 15 is 0 Å². The molecule has 0 radical (unpaired) electrons. The van der Waals surface area contributed by atoms with Gasteiger partial charge in [0.2, 0.25) is 0 Å². The van der Waals surface area contributed by atoms with E-state index in [1.54, 1.807) is 14.2 Å². The second-order valence-electron chi connectivity index (χ2n) is 4.38. The molecule has 1 unspecified atom stereocenters. The predicted octanol–water partition coefficient (Wildman–Crippen LogP) is 2.70. The van der Waals surface area contributed by atoms with Crippen molar-refractivity contribution in [1.82, 2.24) is 0 Å². The van der Waals surface area contributed by atoms with Crippen molar-refractivity contribution < 1.29 is 22.1 Å². The minimum Gasteiger partial charge on any atom is -0.379 e. The van der Waals surface area contributed by atoms with Gasteiger partial charge in [-0.15, -0.1) is 0 Å². The molecule has 0 saturated carbocycles. The average molecular weight is 290 g/mol. The number of halogens is 2. The van der Waals surface area contributed by atoms with Crippen molar-refractivity contribution in [2.45, 2.75) is 32.3 Å². The molecule has 108 valence electrons. The van der Waals surface area contributed by atoms with Crippen LogP contribution in [-0.4, -0.2) is 29.9 Å². The molecule has 1 aromatic carbocycles. The monoisotopic (exact) mass is 290 g/mol. The van der Waals surface area contributed by atoms with Crippen LogP contribution in [0.3, 0.4) is 0 Å². The van der Waals surface area contributed by atoms with Gasteiger partial charge in [-0.1, -0.05) is 0 Å². The molecule has 0 aliphatic carbocycles. The Morgan fingerprint density at radius 3 is 2.21 bits per heavy atom. The molecule has 0 fully saturated rings. The zero-order valence-electron chi connectivity index (χ0n) is 11.5. The number of rotatable bonds is 8. The Hall–Kier alpha value is -0.823. The fourth-order valence-electron chi connectivity index (χ4n) is 1.81. The molecule has 3 nitrogen and oxygen atoms in total. The van der Waals surface area contributed by atoms with Gasteiger partial charge in [0.1, 0.15) is 11.6 Å². The summed E-state index contributed by atoms with van der Waals surface area (Å²) in [4.78, 5) is 0. The van der Waals surface area contributed by atoms with E-state index in [4.69, 9.17) is 13.3 Å². The van der Waals surface area contributed by atoms with Gasteiger partial charge in [0.05, 0.1) is 0 Å². The fraction of sp³-hybridized carbons (Fsp3) is 0.538. The maximum atomic E-state index is 13.0. The molecule has 1 aromatic rings. The molecule has 1 atom stereocenters. The summed E-state index contributed by atoms with van der Waals surface area (Å²) >= 11 is 0. The second-order valence-corrected chi connectivity index (χ2v) is 6.17. The largest absolute Gasteiger partial charge is 0.483 e. The highest BCUT2D eigenvalue weighted by Gasteiger charge is 2.15. The van der Waals surface area contributed by atoms with E-state index in [1.807, 2.05) is 6.92 Å². The summed E-state index contributed by atoms with van der Waals surface area (Å²) in [6, 6.07) is 3.59. The molecule has 0 aliphatic heterocycles. The first-order valence-corrected chi connectivity index (χ1v) is 7.62. The third-order valence-electron chi connectivity index (χ3n) is 2.73. The standard InChI is InChI=1S/C13H20F2O3Si/c1-10(18-19(16-2)17-3)5-4-6-11-7-12(14)9-13(15)8-11/h7-10,19H,4-6H2,1-3H3. The molecule has 0 amide bonds. The predicted molar refractivity (Wildman–Crippen MR) is 71.0 cm³/mol. The highest BCUT2D eigenvalue weighted by molar-refractivity contribution is 6.36. The molecule has 0 heterocycles. The summed E-state index contributed by atoms with van der Waals surface area (Å²) in [7, 11) is 1.11. The Bertz CT molecular complexity index is 366. The van der Waals surface area contributed by atoms with Crippen LogP contribution in [0.5, 0.6) is 0 Å². The lowest BCUT2D eigenvalue weighted by atomic mass is 10.1. The van der Waals surface area contributed by atoms with E-state index in [0.29, 0.717) is 12.0 Å². The van der Waals surface area contributed by atoms with Crippen LogP contribution in [0.2, 0.25) is 0 Å². The van der Waals surface area contributed by atoms with Crippen molar-refractivity contribution in [3.05, 3.63) is 35.4 Å². The Morgan fingerprint density at radius 1 is 1.11 bits per heavy atom. The van der Waals surface area contributed by atoms with Crippen LogP contribution in [0.15, 0.2) is 18.2 Å². The molecule has 6 heteroatoms. The van der Waals surface area contributed by atoms with Crippen molar-refractivity contribution in [2.75, 3.05) is 14.2 Å². The summed E-state index contributed by atoms with van der Waals surface area (Å²) in [5, 5.41) is 0. The zero-order valence-corrected chi connectivity index (χ0v) is 12.6. The van der Waals surface area contributed by atoms with E-state index < -0.39 is 21.2 Å². The Kier molecular flexibility index (Phi) is 7.15. The van der Waals surface area contributed by atoms with Crippen LogP contribution in [0.25, 0.3) is 0 Å². The van der Waals surface area contributed by atoms with Crippen molar-refractivity contribution in [1.29, 1.82) is 0 Å². The van der Waals surface area contributed by atoms with Crippen LogP contribution >= 0.6 is 0 Å². The molecule has 0 N–H and O–H groups in total. The average Bonchev–Trinajstić information content (AvgIpc) is 2.34. The molecule has 19 heavy (non-hydrogen) atoms. The summed E-state index contributed by atoms with van der Waals surface area (Å²) in [5.41, 5.74) is 0.664. The van der Waals surface area contributed by atoms with Gasteiger partial charge >= 0.3 is 9.53 Å². The summed E-state index contributed by atoms with van der Waals surface area (Å²) in [6.45, 7) is 1.93. The van der Waals surface area contributed by atoms with E-state index in [9.17, 15) is 8.78 Å². The molecular formula is C13H20F2O3Si. The Balaban J connectivity index is 2.33. The van der Waals surface area contributed by atoms with E-state index in [0.717, 1.165) is 18.9 Å². The van der Waals surface area contributed by atoms with Crippen LogP contribution in [-0.2, 0) is 19.7 Å². The Morgan fingerprint density at radius 2 is 1.68 bits per heavy atom. The number of benzene rings is 1. The first-order valence-electron chi connectivity index (χ1n) is 6.21. The van der Waals surface area contributed by atoms with Crippen molar-refractivity contribution >= 4 is 9.53 Å². The minimum atomic E-state index is -2.00. The normalized spacial score (nSPS) is 12.9. The first-order chi connectivity index (χ1) is 9.05. The van der Waals surface area contributed by atoms with Crippen LogP contribution in [0.1, 0.15) is 25.3 Å². The lowest BCUT2D eigenvalue weighted by Gasteiger charge is -2.17. The maximum absolute atomic E-state index is 13.0. The lowest BCUT2D eigenvalue weighted by Crippen LogP contribution is -2.28. The molecule has 0 bridgehead atoms. The third kappa shape index (κ3) is 6.24. The van der Waals surface area contributed by atoms with Gasteiger partial charge in [0.15, 0.2) is 0 Å². The van der Waals surface area contributed by atoms with Gasteiger partial charge in [0, 0.05) is 26.4 Å². The zero-order chi connectivity index (χ0) is 14.3. The van der Waals surface area contributed by atoms with Gasteiger partial charge in [-0.25, -0.2) is 8.78 Å². The number of hydrogen-bond donors (Lipinski definition) is 0. The Labute approximate surface area is 114 Å². The first kappa shape index (κ1) is 16.2. The highest BCUT2D eigenvalue weighted by atomic mass is 28.3. The molecule has 0 spiro atoms. The van der Waals surface area contributed by atoms with Gasteiger partial charge in [-0.05, 0) is 43.9 Å². The second kappa shape index (κ2) is 8.37. The van der Waals surface area contributed by atoms with Crippen LogP contribution < -0.4 is 0 Å². The van der Waals surface area contributed by atoms with Crippen molar-refractivity contribution in [2.24, 2.45) is 0 Å². The summed E-state index contributed by atoms with van der Waals surface area (Å²) in [5.74, 6) is -1.07. The molecule has 0 aromatic heterocycles. The van der Waals surface area contributed by atoms with Crippen molar-refractivity contribution in [3.63, 3.8) is 0 Å². The van der Waals surface area contributed by atoms with E-state index in [2.05, 4.69) is 0 Å². The van der Waals surface area contributed by atoms with E-state index in [-0.39, 0.29) is 6.10 Å². The van der Waals surface area contributed by atoms with Gasteiger partial charge in [-0.2, -0.15) is 0 Å². The fourth-order valence-corrected chi connectivity index (χ4v) is 2.74. The van der Waals surface area contributed by atoms with Gasteiger partial charge in [0.25, 0.3) is 0 Å². The van der Waals surface area contributed by atoms with E-state index in [1.165, 1.54) is 12.1 Å². The third-order valence-corrected chi connectivity index (χ3v) is 4.18. The topological polar surface area (TPSA) is 27.7 Å². The quantitative estimate of drug-likeness (QED) is 0.689. The molecular weight excluding hydrogens is 270 g/mol.